The smallest absolute Gasteiger partial charge is 0.203 e. The lowest BCUT2D eigenvalue weighted by Crippen LogP contribution is -2.10. The van der Waals surface area contributed by atoms with Crippen LogP contribution in [-0.2, 0) is 0 Å². The van der Waals surface area contributed by atoms with Crippen molar-refractivity contribution < 1.29 is 19.0 Å². The van der Waals surface area contributed by atoms with Gasteiger partial charge in [0.25, 0.3) is 0 Å². The van der Waals surface area contributed by atoms with Crippen LogP contribution in [0.25, 0.3) is 0 Å². The number of hydrogen-bond acceptors (Lipinski definition) is 4. The van der Waals surface area contributed by atoms with Gasteiger partial charge in [-0.25, -0.2) is 0 Å². The van der Waals surface area contributed by atoms with Crippen molar-refractivity contribution in [3.63, 3.8) is 0 Å². The Bertz CT molecular complexity index is 390. The molecule has 0 heterocycles. The third-order valence-corrected chi connectivity index (χ3v) is 2.91. The molecule has 4 nitrogen and oxygen atoms in total. The number of aldehydes is 1. The van der Waals surface area contributed by atoms with Crippen LogP contribution in [0, 0.1) is 5.92 Å². The number of hydrogen-bond donors (Lipinski definition) is 0. The van der Waals surface area contributed by atoms with E-state index in [9.17, 15) is 4.79 Å². The number of benzene rings is 1. The van der Waals surface area contributed by atoms with Crippen molar-refractivity contribution in [1.29, 1.82) is 0 Å². The van der Waals surface area contributed by atoms with Crippen molar-refractivity contribution in [2.75, 3.05) is 20.8 Å². The number of ether oxygens (including phenoxy) is 3. The van der Waals surface area contributed by atoms with Gasteiger partial charge in [-0.3, -0.25) is 4.79 Å². The summed E-state index contributed by atoms with van der Waals surface area (Å²) in [6.07, 6.45) is 2.99. The molecule has 0 fully saturated rings. The predicted octanol–water partition coefficient (Wildman–Crippen LogP) is 3.33. The van der Waals surface area contributed by atoms with Crippen molar-refractivity contribution in [2.45, 2.75) is 26.7 Å². The van der Waals surface area contributed by atoms with E-state index >= 15 is 0 Å². The minimum absolute atomic E-state index is 0.463. The summed E-state index contributed by atoms with van der Waals surface area (Å²) in [6.45, 7) is 4.89. The van der Waals surface area contributed by atoms with Crippen LogP contribution in [0.2, 0.25) is 0 Å². The van der Waals surface area contributed by atoms with E-state index in [1.54, 1.807) is 26.4 Å². The molecule has 0 spiro atoms. The number of carbonyl (C=O) groups excluding carboxylic acids is 1. The topological polar surface area (TPSA) is 44.8 Å². The van der Waals surface area contributed by atoms with Gasteiger partial charge in [-0.1, -0.05) is 20.3 Å². The molecule has 1 aromatic carbocycles. The first-order valence-electron chi connectivity index (χ1n) is 6.50. The highest BCUT2D eigenvalue weighted by molar-refractivity contribution is 5.78. The highest BCUT2D eigenvalue weighted by Crippen LogP contribution is 2.38. The first-order valence-corrected chi connectivity index (χ1v) is 6.50. The maximum absolute atomic E-state index is 10.9. The van der Waals surface area contributed by atoms with Crippen molar-refractivity contribution in [1.82, 2.24) is 0 Å². The van der Waals surface area contributed by atoms with Gasteiger partial charge < -0.3 is 14.2 Å². The van der Waals surface area contributed by atoms with Gasteiger partial charge in [0.05, 0.1) is 20.8 Å². The van der Waals surface area contributed by atoms with Gasteiger partial charge in [-0.15, -0.1) is 0 Å². The molecule has 0 aromatic heterocycles. The quantitative estimate of drug-likeness (QED) is 0.677. The molecule has 1 atom stereocenters. The van der Waals surface area contributed by atoms with Gasteiger partial charge >= 0.3 is 0 Å². The summed E-state index contributed by atoms with van der Waals surface area (Å²) in [5, 5.41) is 0. The normalized spacial score (nSPS) is 11.8. The van der Waals surface area contributed by atoms with Crippen LogP contribution in [-0.4, -0.2) is 27.1 Å². The minimum Gasteiger partial charge on any atom is -0.493 e. The number of carbonyl (C=O) groups is 1. The van der Waals surface area contributed by atoms with Crippen LogP contribution in [0.4, 0.5) is 0 Å². The highest BCUT2D eigenvalue weighted by atomic mass is 16.5. The molecule has 19 heavy (non-hydrogen) atoms. The van der Waals surface area contributed by atoms with Gasteiger partial charge in [0.2, 0.25) is 5.75 Å². The fourth-order valence-corrected chi connectivity index (χ4v) is 1.91. The molecular formula is C15H22O4. The summed E-state index contributed by atoms with van der Waals surface area (Å²) in [5.41, 5.74) is 0.502. The molecule has 4 heteroatoms. The summed E-state index contributed by atoms with van der Waals surface area (Å²) in [7, 11) is 3.09. The van der Waals surface area contributed by atoms with E-state index in [4.69, 9.17) is 14.2 Å². The van der Waals surface area contributed by atoms with Gasteiger partial charge in [-0.05, 0) is 24.5 Å². The van der Waals surface area contributed by atoms with Crippen LogP contribution >= 0.6 is 0 Å². The molecule has 0 saturated heterocycles. The standard InChI is InChI=1S/C15H22O4/c1-5-6-11(2)10-19-15-13(17-3)7-12(9-16)8-14(15)18-4/h7-9,11H,5-6,10H2,1-4H3. The molecule has 0 aliphatic carbocycles. The van der Waals surface area contributed by atoms with Gasteiger partial charge in [0.15, 0.2) is 11.5 Å². The zero-order chi connectivity index (χ0) is 14.3. The van der Waals surface area contributed by atoms with Crippen LogP contribution in [0.1, 0.15) is 37.0 Å². The maximum Gasteiger partial charge on any atom is 0.203 e. The molecule has 0 aliphatic heterocycles. The highest BCUT2D eigenvalue weighted by Gasteiger charge is 2.15. The second-order valence-corrected chi connectivity index (χ2v) is 4.58. The van der Waals surface area contributed by atoms with E-state index in [0.29, 0.717) is 35.3 Å². The first kappa shape index (κ1) is 15.3. The van der Waals surface area contributed by atoms with Crippen LogP contribution in [0.5, 0.6) is 17.2 Å². The Kier molecular flexibility index (Phi) is 6.19. The second-order valence-electron chi connectivity index (χ2n) is 4.58. The van der Waals surface area contributed by atoms with Crippen molar-refractivity contribution in [3.8, 4) is 17.2 Å². The molecule has 0 bridgehead atoms. The van der Waals surface area contributed by atoms with E-state index in [0.717, 1.165) is 19.1 Å². The van der Waals surface area contributed by atoms with Crippen molar-refractivity contribution in [3.05, 3.63) is 17.7 Å². The molecule has 106 valence electrons. The van der Waals surface area contributed by atoms with Crippen LogP contribution < -0.4 is 14.2 Å². The van der Waals surface area contributed by atoms with Crippen molar-refractivity contribution >= 4 is 6.29 Å². The van der Waals surface area contributed by atoms with Crippen LogP contribution in [0.3, 0.4) is 0 Å². The molecule has 0 amide bonds. The number of rotatable bonds is 8. The lowest BCUT2D eigenvalue weighted by atomic mass is 10.1. The Labute approximate surface area is 114 Å². The van der Waals surface area contributed by atoms with E-state index in [-0.39, 0.29) is 0 Å². The zero-order valence-electron chi connectivity index (χ0n) is 12.1. The lowest BCUT2D eigenvalue weighted by molar-refractivity contribution is 0.112. The molecule has 1 rings (SSSR count). The molecule has 0 radical (unpaired) electrons. The van der Waals surface area contributed by atoms with Gasteiger partial charge in [-0.2, -0.15) is 0 Å². The molecule has 0 aliphatic rings. The monoisotopic (exact) mass is 266 g/mol. The van der Waals surface area contributed by atoms with E-state index in [1.165, 1.54) is 0 Å². The Morgan fingerprint density at radius 1 is 1.21 bits per heavy atom. The van der Waals surface area contributed by atoms with E-state index in [1.807, 2.05) is 0 Å². The second kappa shape index (κ2) is 7.67. The molecular weight excluding hydrogens is 244 g/mol. The fourth-order valence-electron chi connectivity index (χ4n) is 1.91. The first-order chi connectivity index (χ1) is 9.15. The van der Waals surface area contributed by atoms with E-state index < -0.39 is 0 Å². The summed E-state index contributed by atoms with van der Waals surface area (Å²) in [4.78, 5) is 10.9. The summed E-state index contributed by atoms with van der Waals surface area (Å²) >= 11 is 0. The molecule has 1 aromatic rings. The summed E-state index contributed by atoms with van der Waals surface area (Å²) in [5.74, 6) is 2.05. The average Bonchev–Trinajstić information content (AvgIpc) is 2.44. The Hall–Kier alpha value is -1.71. The van der Waals surface area contributed by atoms with Gasteiger partial charge in [0.1, 0.15) is 6.29 Å². The third-order valence-electron chi connectivity index (χ3n) is 2.91. The van der Waals surface area contributed by atoms with Crippen molar-refractivity contribution in [2.24, 2.45) is 5.92 Å². The lowest BCUT2D eigenvalue weighted by Gasteiger charge is -2.17. The third kappa shape index (κ3) is 4.16. The molecule has 0 N–H and O–H groups in total. The largest absolute Gasteiger partial charge is 0.493 e. The zero-order valence-corrected chi connectivity index (χ0v) is 12.1. The SMILES string of the molecule is CCCC(C)COc1c(OC)cc(C=O)cc1OC. The van der Waals surface area contributed by atoms with E-state index in [2.05, 4.69) is 13.8 Å². The number of methoxy groups -OCH3 is 2. The Morgan fingerprint density at radius 3 is 2.21 bits per heavy atom. The Balaban J connectivity index is 2.93. The summed E-state index contributed by atoms with van der Waals surface area (Å²) in [6, 6.07) is 3.30. The fraction of sp³-hybridized carbons (Fsp3) is 0.533. The predicted molar refractivity (Wildman–Crippen MR) is 74.5 cm³/mol. The molecule has 1 unspecified atom stereocenters. The Morgan fingerprint density at radius 2 is 1.79 bits per heavy atom. The van der Waals surface area contributed by atoms with Crippen LogP contribution in [0.15, 0.2) is 12.1 Å². The minimum atomic E-state index is 0.463. The average molecular weight is 266 g/mol. The summed E-state index contributed by atoms with van der Waals surface area (Å²) < 4.78 is 16.3. The van der Waals surface area contributed by atoms with Gasteiger partial charge in [0, 0.05) is 5.56 Å². The molecule has 0 saturated carbocycles. The maximum atomic E-state index is 10.9.